The minimum atomic E-state index is -0.280. The molecule has 0 heterocycles. The molecular weight excluding hydrogens is 238 g/mol. The van der Waals surface area contributed by atoms with Crippen LogP contribution in [0.2, 0.25) is 0 Å². The topological polar surface area (TPSA) is 38.3 Å². The van der Waals surface area contributed by atoms with Crippen LogP contribution in [0.3, 0.4) is 0 Å². The number of hydrogen-bond donors (Lipinski definition) is 1. The summed E-state index contributed by atoms with van der Waals surface area (Å²) in [5.41, 5.74) is 0.475. The fourth-order valence-electron chi connectivity index (χ4n) is 1.97. The molecule has 0 atom stereocenters. The molecule has 3 nitrogen and oxygen atoms in total. The van der Waals surface area contributed by atoms with Gasteiger partial charge in [0.1, 0.15) is 11.4 Å². The average molecular weight is 257 g/mol. The van der Waals surface area contributed by atoms with E-state index < -0.39 is 0 Å². The zero-order valence-corrected chi connectivity index (χ0v) is 11.8. The second-order valence-electron chi connectivity index (χ2n) is 5.59. The van der Waals surface area contributed by atoms with Crippen molar-refractivity contribution in [3.05, 3.63) is 36.4 Å². The van der Waals surface area contributed by atoms with E-state index in [0.717, 1.165) is 22.2 Å². The van der Waals surface area contributed by atoms with Crippen molar-refractivity contribution >= 4 is 22.4 Å². The van der Waals surface area contributed by atoms with Gasteiger partial charge in [-0.05, 0) is 32.2 Å². The van der Waals surface area contributed by atoms with Gasteiger partial charge in [-0.15, -0.1) is 0 Å². The highest BCUT2D eigenvalue weighted by molar-refractivity contribution is 5.96. The molecule has 0 aliphatic carbocycles. The Balaban J connectivity index is 2.54. The van der Waals surface area contributed by atoms with Crippen LogP contribution in [0.25, 0.3) is 10.8 Å². The van der Waals surface area contributed by atoms with Gasteiger partial charge in [0.05, 0.1) is 0 Å². The number of fused-ring (bicyclic) bond motifs is 1. The third-order valence-electron chi connectivity index (χ3n) is 2.56. The first kappa shape index (κ1) is 13.4. The Kier molecular flexibility index (Phi) is 3.47. The highest BCUT2D eigenvalue weighted by atomic mass is 16.5. The Hall–Kier alpha value is -2.03. The van der Waals surface area contributed by atoms with Crippen molar-refractivity contribution in [1.82, 2.24) is 0 Å². The number of benzene rings is 2. The maximum Gasteiger partial charge on any atom is 0.221 e. The second-order valence-corrected chi connectivity index (χ2v) is 5.59. The summed E-state index contributed by atoms with van der Waals surface area (Å²) in [6.45, 7) is 7.52. The Morgan fingerprint density at radius 2 is 1.84 bits per heavy atom. The number of carbonyl (C=O) groups is 1. The molecule has 1 amide bonds. The van der Waals surface area contributed by atoms with Crippen LogP contribution < -0.4 is 10.1 Å². The van der Waals surface area contributed by atoms with E-state index in [2.05, 4.69) is 5.32 Å². The molecule has 19 heavy (non-hydrogen) atoms. The predicted molar refractivity (Wildman–Crippen MR) is 78.6 cm³/mol. The normalized spacial score (nSPS) is 11.4. The quantitative estimate of drug-likeness (QED) is 0.883. The molecule has 0 aliphatic heterocycles. The number of rotatable bonds is 2. The lowest BCUT2D eigenvalue weighted by atomic mass is 10.1. The lowest BCUT2D eigenvalue weighted by Gasteiger charge is -2.23. The number of amides is 1. The van der Waals surface area contributed by atoms with E-state index in [1.165, 1.54) is 6.92 Å². The standard InChI is InChI=1S/C16H19NO2/c1-11(18)17-13-9-12-7-5-6-8-14(12)15(10-13)19-16(2,3)4/h5-10H,1-4H3,(H,17,18). The third-order valence-corrected chi connectivity index (χ3v) is 2.56. The largest absolute Gasteiger partial charge is 0.487 e. The number of carbonyl (C=O) groups excluding carboxylic acids is 1. The molecule has 0 unspecified atom stereocenters. The average Bonchev–Trinajstić information content (AvgIpc) is 2.26. The van der Waals surface area contributed by atoms with Gasteiger partial charge < -0.3 is 10.1 Å². The highest BCUT2D eigenvalue weighted by Gasteiger charge is 2.15. The highest BCUT2D eigenvalue weighted by Crippen LogP contribution is 2.32. The number of ether oxygens (including phenoxy) is 1. The lowest BCUT2D eigenvalue weighted by molar-refractivity contribution is -0.114. The van der Waals surface area contributed by atoms with E-state index in [4.69, 9.17) is 4.74 Å². The molecule has 100 valence electrons. The molecular formula is C16H19NO2. The van der Waals surface area contributed by atoms with Crippen LogP contribution in [0.5, 0.6) is 5.75 Å². The van der Waals surface area contributed by atoms with Crippen molar-refractivity contribution in [3.8, 4) is 5.75 Å². The third kappa shape index (κ3) is 3.47. The van der Waals surface area contributed by atoms with Crippen molar-refractivity contribution in [2.24, 2.45) is 0 Å². The van der Waals surface area contributed by atoms with Gasteiger partial charge in [0, 0.05) is 24.1 Å². The molecule has 0 saturated heterocycles. The summed E-state index contributed by atoms with van der Waals surface area (Å²) in [5, 5.41) is 4.90. The van der Waals surface area contributed by atoms with Crippen molar-refractivity contribution in [2.75, 3.05) is 5.32 Å². The van der Waals surface area contributed by atoms with Gasteiger partial charge in [-0.1, -0.05) is 24.3 Å². The smallest absolute Gasteiger partial charge is 0.221 e. The van der Waals surface area contributed by atoms with E-state index in [0.29, 0.717) is 0 Å². The summed E-state index contributed by atoms with van der Waals surface area (Å²) < 4.78 is 5.99. The first-order chi connectivity index (χ1) is 8.85. The number of hydrogen-bond acceptors (Lipinski definition) is 2. The van der Waals surface area contributed by atoms with Gasteiger partial charge in [-0.3, -0.25) is 4.79 Å². The molecule has 1 N–H and O–H groups in total. The molecule has 0 radical (unpaired) electrons. The minimum Gasteiger partial charge on any atom is -0.487 e. The first-order valence-electron chi connectivity index (χ1n) is 6.34. The Morgan fingerprint density at radius 3 is 2.47 bits per heavy atom. The second kappa shape index (κ2) is 4.92. The van der Waals surface area contributed by atoms with E-state index >= 15 is 0 Å². The molecule has 0 aromatic heterocycles. The van der Waals surface area contributed by atoms with E-state index in [1.807, 2.05) is 57.2 Å². The van der Waals surface area contributed by atoms with Crippen LogP contribution in [-0.2, 0) is 4.79 Å². The molecule has 0 fully saturated rings. The Bertz CT molecular complexity index is 612. The Morgan fingerprint density at radius 1 is 1.16 bits per heavy atom. The summed E-state index contributed by atoms with van der Waals surface area (Å²) in [6, 6.07) is 11.8. The monoisotopic (exact) mass is 257 g/mol. The summed E-state index contributed by atoms with van der Waals surface area (Å²) in [5.74, 6) is 0.700. The number of anilines is 1. The van der Waals surface area contributed by atoms with Crippen molar-refractivity contribution < 1.29 is 9.53 Å². The van der Waals surface area contributed by atoms with Crippen molar-refractivity contribution in [3.63, 3.8) is 0 Å². The molecule has 0 saturated carbocycles. The van der Waals surface area contributed by atoms with Crippen LogP contribution in [0.4, 0.5) is 5.69 Å². The van der Waals surface area contributed by atoms with Gasteiger partial charge >= 0.3 is 0 Å². The fraction of sp³-hybridized carbons (Fsp3) is 0.312. The van der Waals surface area contributed by atoms with E-state index in [-0.39, 0.29) is 11.5 Å². The molecule has 2 rings (SSSR count). The summed E-state index contributed by atoms with van der Waals surface area (Å²) in [7, 11) is 0. The first-order valence-corrected chi connectivity index (χ1v) is 6.34. The van der Waals surface area contributed by atoms with Gasteiger partial charge in [0.15, 0.2) is 0 Å². The van der Waals surface area contributed by atoms with Crippen molar-refractivity contribution in [1.29, 1.82) is 0 Å². The van der Waals surface area contributed by atoms with Crippen LogP contribution >= 0.6 is 0 Å². The molecule has 2 aromatic carbocycles. The maximum absolute atomic E-state index is 11.2. The van der Waals surface area contributed by atoms with Crippen LogP contribution in [-0.4, -0.2) is 11.5 Å². The zero-order valence-electron chi connectivity index (χ0n) is 11.8. The van der Waals surface area contributed by atoms with Crippen molar-refractivity contribution in [2.45, 2.75) is 33.3 Å². The maximum atomic E-state index is 11.2. The fourth-order valence-corrected chi connectivity index (χ4v) is 1.97. The van der Waals surface area contributed by atoms with E-state index in [9.17, 15) is 4.79 Å². The van der Waals surface area contributed by atoms with Crippen LogP contribution in [0.1, 0.15) is 27.7 Å². The molecule has 2 aromatic rings. The van der Waals surface area contributed by atoms with Crippen LogP contribution in [0.15, 0.2) is 36.4 Å². The summed E-state index contributed by atoms with van der Waals surface area (Å²) in [4.78, 5) is 11.2. The molecule has 0 aliphatic rings. The predicted octanol–water partition coefficient (Wildman–Crippen LogP) is 3.98. The summed E-state index contributed by atoms with van der Waals surface area (Å²) in [6.07, 6.45) is 0. The zero-order chi connectivity index (χ0) is 14.0. The number of nitrogens with one attached hydrogen (secondary N) is 1. The van der Waals surface area contributed by atoms with Gasteiger partial charge in [-0.25, -0.2) is 0 Å². The molecule has 0 bridgehead atoms. The van der Waals surface area contributed by atoms with Gasteiger partial charge in [0.25, 0.3) is 0 Å². The van der Waals surface area contributed by atoms with Crippen LogP contribution in [0, 0.1) is 0 Å². The Labute approximate surface area is 113 Å². The SMILES string of the molecule is CC(=O)Nc1cc(OC(C)(C)C)c2ccccc2c1. The molecule has 3 heteroatoms. The summed E-state index contributed by atoms with van der Waals surface area (Å²) >= 11 is 0. The lowest BCUT2D eigenvalue weighted by Crippen LogP contribution is -2.23. The van der Waals surface area contributed by atoms with E-state index in [1.54, 1.807) is 0 Å². The van der Waals surface area contributed by atoms with Gasteiger partial charge in [-0.2, -0.15) is 0 Å². The minimum absolute atomic E-state index is 0.0861. The van der Waals surface area contributed by atoms with Gasteiger partial charge in [0.2, 0.25) is 5.91 Å². The molecule has 0 spiro atoms.